The fourth-order valence-corrected chi connectivity index (χ4v) is 1.69. The van der Waals surface area contributed by atoms with Crippen molar-refractivity contribution in [1.82, 2.24) is 5.32 Å². The number of benzene rings is 1. The molecule has 0 saturated carbocycles. The molecular formula is C10H11BrF3N. The van der Waals surface area contributed by atoms with E-state index in [0.29, 0.717) is 5.56 Å². The lowest BCUT2D eigenvalue weighted by Crippen LogP contribution is -2.34. The maximum absolute atomic E-state index is 13.1. The summed E-state index contributed by atoms with van der Waals surface area (Å²) in [4.78, 5) is 0. The molecule has 1 aromatic carbocycles. The first-order chi connectivity index (χ1) is 7.06. The third-order valence-electron chi connectivity index (χ3n) is 2.15. The van der Waals surface area contributed by atoms with E-state index in [2.05, 4.69) is 21.2 Å². The van der Waals surface area contributed by atoms with E-state index in [1.807, 2.05) is 0 Å². The number of hydrogen-bond acceptors (Lipinski definition) is 1. The van der Waals surface area contributed by atoms with Crippen molar-refractivity contribution < 1.29 is 13.2 Å². The van der Waals surface area contributed by atoms with Crippen molar-refractivity contribution in [3.63, 3.8) is 0 Å². The summed E-state index contributed by atoms with van der Waals surface area (Å²) in [5.74, 6) is -0.434. The third-order valence-corrected chi connectivity index (χ3v) is 3.03. The molecule has 0 saturated heterocycles. The van der Waals surface area contributed by atoms with E-state index in [9.17, 15) is 13.2 Å². The van der Waals surface area contributed by atoms with Gasteiger partial charge in [-0.05, 0) is 41.0 Å². The summed E-state index contributed by atoms with van der Waals surface area (Å²) in [7, 11) is 1.46. The lowest BCUT2D eigenvalue weighted by molar-refractivity contribution is 0.102. The third kappa shape index (κ3) is 3.21. The summed E-state index contributed by atoms with van der Waals surface area (Å²) < 4.78 is 38.2. The Kier molecular flexibility index (Phi) is 4.60. The Morgan fingerprint density at radius 1 is 1.40 bits per heavy atom. The minimum absolute atomic E-state index is 0.0898. The summed E-state index contributed by atoms with van der Waals surface area (Å²) in [6.45, 7) is 0. The van der Waals surface area contributed by atoms with Gasteiger partial charge in [-0.25, -0.2) is 13.2 Å². The van der Waals surface area contributed by atoms with Gasteiger partial charge in [0.2, 0.25) is 0 Å². The zero-order valence-electron chi connectivity index (χ0n) is 8.11. The van der Waals surface area contributed by atoms with Gasteiger partial charge in [-0.15, -0.1) is 0 Å². The van der Waals surface area contributed by atoms with E-state index in [1.54, 1.807) is 6.07 Å². The minimum Gasteiger partial charge on any atom is -0.312 e. The minimum atomic E-state index is -2.47. The van der Waals surface area contributed by atoms with Crippen LogP contribution in [-0.4, -0.2) is 19.5 Å². The van der Waals surface area contributed by atoms with Crippen LogP contribution in [-0.2, 0) is 6.42 Å². The highest BCUT2D eigenvalue weighted by Crippen LogP contribution is 2.22. The maximum atomic E-state index is 13.1. The fourth-order valence-electron chi connectivity index (χ4n) is 1.26. The van der Waals surface area contributed by atoms with E-state index in [1.165, 1.54) is 19.2 Å². The van der Waals surface area contributed by atoms with Crippen LogP contribution >= 0.6 is 15.9 Å². The van der Waals surface area contributed by atoms with Crippen molar-refractivity contribution in [2.24, 2.45) is 0 Å². The molecule has 1 unspecified atom stereocenters. The van der Waals surface area contributed by atoms with Gasteiger partial charge in [0.15, 0.2) is 0 Å². The molecule has 0 fully saturated rings. The summed E-state index contributed by atoms with van der Waals surface area (Å²) in [5, 5.41) is 2.50. The van der Waals surface area contributed by atoms with E-state index in [0.717, 1.165) is 0 Å². The first kappa shape index (κ1) is 12.5. The Morgan fingerprint density at radius 2 is 2.07 bits per heavy atom. The molecule has 0 aliphatic heterocycles. The van der Waals surface area contributed by atoms with Gasteiger partial charge < -0.3 is 5.32 Å². The molecule has 0 aliphatic carbocycles. The predicted molar refractivity (Wildman–Crippen MR) is 56.7 cm³/mol. The standard InChI is InChI=1S/C10H11BrF3N/c1-15-8(10(13)14)5-6-3-2-4-7(12)9(6)11/h2-4,8,10,15H,5H2,1H3. The van der Waals surface area contributed by atoms with Crippen LogP contribution in [0.15, 0.2) is 22.7 Å². The molecule has 1 rings (SSSR count). The van der Waals surface area contributed by atoms with E-state index < -0.39 is 18.3 Å². The molecule has 0 spiro atoms. The molecule has 1 N–H and O–H groups in total. The second-order valence-corrected chi connectivity index (χ2v) is 3.94. The predicted octanol–water partition coefficient (Wildman–Crippen LogP) is 2.98. The number of rotatable bonds is 4. The van der Waals surface area contributed by atoms with Crippen molar-refractivity contribution in [2.45, 2.75) is 18.9 Å². The molecule has 1 aromatic rings. The first-order valence-electron chi connectivity index (χ1n) is 4.44. The van der Waals surface area contributed by atoms with Gasteiger partial charge in [0.05, 0.1) is 10.5 Å². The van der Waals surface area contributed by atoms with Crippen LogP contribution in [0.1, 0.15) is 5.56 Å². The van der Waals surface area contributed by atoms with Crippen LogP contribution in [0.2, 0.25) is 0 Å². The molecule has 0 heterocycles. The lowest BCUT2D eigenvalue weighted by Gasteiger charge is -2.15. The number of likely N-dealkylation sites (N-methyl/N-ethyl adjacent to an activating group) is 1. The Bertz CT molecular complexity index is 330. The van der Waals surface area contributed by atoms with Crippen molar-refractivity contribution in [1.29, 1.82) is 0 Å². The average Bonchev–Trinajstić information content (AvgIpc) is 2.19. The normalized spacial score (nSPS) is 13.2. The quantitative estimate of drug-likeness (QED) is 0.895. The SMILES string of the molecule is CNC(Cc1cccc(F)c1Br)C(F)F. The lowest BCUT2D eigenvalue weighted by atomic mass is 10.1. The van der Waals surface area contributed by atoms with E-state index in [-0.39, 0.29) is 10.9 Å². The summed E-state index contributed by atoms with van der Waals surface area (Å²) in [6, 6.07) is 3.46. The van der Waals surface area contributed by atoms with Crippen LogP contribution in [0, 0.1) is 5.82 Å². The van der Waals surface area contributed by atoms with Crippen LogP contribution in [0.25, 0.3) is 0 Å². The molecule has 0 aliphatic rings. The van der Waals surface area contributed by atoms with Crippen molar-refractivity contribution in [2.75, 3.05) is 7.05 Å². The van der Waals surface area contributed by atoms with Crippen molar-refractivity contribution in [3.8, 4) is 0 Å². The largest absolute Gasteiger partial charge is 0.312 e. The van der Waals surface area contributed by atoms with Crippen molar-refractivity contribution in [3.05, 3.63) is 34.1 Å². The van der Waals surface area contributed by atoms with E-state index in [4.69, 9.17) is 0 Å². The van der Waals surface area contributed by atoms with Gasteiger partial charge in [-0.1, -0.05) is 12.1 Å². The second-order valence-electron chi connectivity index (χ2n) is 3.15. The zero-order valence-corrected chi connectivity index (χ0v) is 9.69. The molecule has 1 atom stereocenters. The Hall–Kier alpha value is -0.550. The second kappa shape index (κ2) is 5.51. The number of hydrogen-bond donors (Lipinski definition) is 1. The first-order valence-corrected chi connectivity index (χ1v) is 5.24. The summed E-state index contributed by atoms with van der Waals surface area (Å²) in [6.07, 6.45) is -2.38. The molecule has 0 aromatic heterocycles. The molecule has 0 radical (unpaired) electrons. The molecule has 0 amide bonds. The maximum Gasteiger partial charge on any atom is 0.254 e. The number of nitrogens with one attached hydrogen (secondary N) is 1. The van der Waals surface area contributed by atoms with Gasteiger partial charge in [-0.2, -0.15) is 0 Å². The molecule has 0 bridgehead atoms. The molecule has 84 valence electrons. The van der Waals surface area contributed by atoms with Gasteiger partial charge in [0.1, 0.15) is 5.82 Å². The zero-order chi connectivity index (χ0) is 11.4. The Morgan fingerprint density at radius 3 is 2.60 bits per heavy atom. The van der Waals surface area contributed by atoms with E-state index >= 15 is 0 Å². The van der Waals surface area contributed by atoms with Gasteiger partial charge in [0.25, 0.3) is 6.43 Å². The van der Waals surface area contributed by atoms with Crippen LogP contribution in [0.3, 0.4) is 0 Å². The van der Waals surface area contributed by atoms with Gasteiger partial charge in [-0.3, -0.25) is 0 Å². The highest BCUT2D eigenvalue weighted by Gasteiger charge is 2.20. The molecule has 1 nitrogen and oxygen atoms in total. The monoisotopic (exact) mass is 281 g/mol. The Balaban J connectivity index is 2.84. The highest BCUT2D eigenvalue weighted by molar-refractivity contribution is 9.10. The molecule has 5 heteroatoms. The van der Waals surface area contributed by atoms with Crippen molar-refractivity contribution >= 4 is 15.9 Å². The highest BCUT2D eigenvalue weighted by atomic mass is 79.9. The average molecular weight is 282 g/mol. The van der Waals surface area contributed by atoms with Gasteiger partial charge >= 0.3 is 0 Å². The van der Waals surface area contributed by atoms with Crippen LogP contribution in [0.5, 0.6) is 0 Å². The summed E-state index contributed by atoms with van der Waals surface area (Å²) in [5.41, 5.74) is 0.537. The Labute approximate surface area is 94.8 Å². The fraction of sp³-hybridized carbons (Fsp3) is 0.400. The molecule has 15 heavy (non-hydrogen) atoms. The van der Waals surface area contributed by atoms with Crippen LogP contribution in [0.4, 0.5) is 13.2 Å². The van der Waals surface area contributed by atoms with Gasteiger partial charge in [0, 0.05) is 0 Å². The van der Waals surface area contributed by atoms with Crippen LogP contribution < -0.4 is 5.32 Å². The topological polar surface area (TPSA) is 12.0 Å². The molecular weight excluding hydrogens is 271 g/mol. The number of alkyl halides is 2. The summed E-state index contributed by atoms with van der Waals surface area (Å²) >= 11 is 3.04. The smallest absolute Gasteiger partial charge is 0.254 e. The number of halogens is 4.